The van der Waals surface area contributed by atoms with Gasteiger partial charge in [-0.3, -0.25) is 18.8 Å². The van der Waals surface area contributed by atoms with Crippen molar-refractivity contribution in [2.24, 2.45) is 0 Å². The summed E-state index contributed by atoms with van der Waals surface area (Å²) in [5.74, 6) is -0.245. The summed E-state index contributed by atoms with van der Waals surface area (Å²) in [6, 6.07) is 14.0. The van der Waals surface area contributed by atoms with Crippen molar-refractivity contribution in [2.45, 2.75) is 26.4 Å². The van der Waals surface area contributed by atoms with Gasteiger partial charge in [0.15, 0.2) is 11.4 Å². The molecule has 45 heavy (non-hydrogen) atoms. The number of carbonyl (C=O) groups excluding carboxylic acids is 3. The molecule has 0 bridgehead atoms. The maximum Gasteiger partial charge on any atom is 0.253 e. The average Bonchev–Trinajstić information content (AvgIpc) is 3.67. The SMILES string of the molecule is Cc1nc2c(OCc3c(Cl)ccc(N(C)C(=O)CNC(=O)C=Cc4ccc(C(=O)N5CCCC5)cc4)c3Cl)cccn2c1Br.Cl. The van der Waals surface area contributed by atoms with Gasteiger partial charge in [-0.05, 0) is 83.7 Å². The van der Waals surface area contributed by atoms with Crippen molar-refractivity contribution in [3.63, 3.8) is 0 Å². The van der Waals surface area contributed by atoms with E-state index in [2.05, 4.69) is 26.2 Å². The molecule has 0 atom stereocenters. The molecule has 1 aliphatic heterocycles. The molecule has 0 saturated carbocycles. The Kier molecular flexibility index (Phi) is 11.5. The number of fused-ring (bicyclic) bond motifs is 1. The van der Waals surface area contributed by atoms with Crippen LogP contribution in [0.5, 0.6) is 5.75 Å². The van der Waals surface area contributed by atoms with Crippen molar-refractivity contribution in [2.75, 3.05) is 31.6 Å². The van der Waals surface area contributed by atoms with E-state index in [4.69, 9.17) is 27.9 Å². The van der Waals surface area contributed by atoms with E-state index >= 15 is 0 Å². The number of nitrogens with one attached hydrogen (secondary N) is 1. The van der Waals surface area contributed by atoms with Gasteiger partial charge in [0.05, 0.1) is 22.9 Å². The summed E-state index contributed by atoms with van der Waals surface area (Å²) in [6.07, 6.45) is 6.91. The first-order valence-corrected chi connectivity index (χ1v) is 15.5. The molecular weight excluding hydrogens is 705 g/mol. The summed E-state index contributed by atoms with van der Waals surface area (Å²) in [4.78, 5) is 45.7. The van der Waals surface area contributed by atoms with Gasteiger partial charge in [0.1, 0.15) is 11.2 Å². The molecule has 1 saturated heterocycles. The maximum atomic E-state index is 13.0. The lowest BCUT2D eigenvalue weighted by molar-refractivity contribution is -0.122. The Hall–Kier alpha value is -3.57. The second-order valence-electron chi connectivity index (χ2n) is 10.3. The van der Waals surface area contributed by atoms with Gasteiger partial charge in [0.25, 0.3) is 5.91 Å². The van der Waals surface area contributed by atoms with Gasteiger partial charge in [-0.1, -0.05) is 35.3 Å². The number of likely N-dealkylation sites (tertiary alicyclic amines) is 1. The maximum absolute atomic E-state index is 13.0. The Balaban J connectivity index is 0.00000461. The number of aromatic nitrogens is 2. The highest BCUT2D eigenvalue weighted by Gasteiger charge is 2.21. The third kappa shape index (κ3) is 7.81. The van der Waals surface area contributed by atoms with Gasteiger partial charge in [-0.2, -0.15) is 0 Å². The van der Waals surface area contributed by atoms with Crippen LogP contribution in [0.3, 0.4) is 0 Å². The predicted octanol–water partition coefficient (Wildman–Crippen LogP) is 6.74. The van der Waals surface area contributed by atoms with Crippen LogP contribution in [0.4, 0.5) is 5.69 Å². The number of benzene rings is 2. The number of hydrogen-bond donors (Lipinski definition) is 1. The zero-order valence-corrected chi connectivity index (χ0v) is 28.5. The molecular formula is C32H31BrCl3N5O4. The molecule has 9 nitrogen and oxygen atoms in total. The van der Waals surface area contributed by atoms with Crippen molar-refractivity contribution in [1.29, 1.82) is 0 Å². The molecule has 2 aromatic heterocycles. The number of pyridine rings is 1. The van der Waals surface area contributed by atoms with Crippen molar-refractivity contribution < 1.29 is 19.1 Å². The summed E-state index contributed by atoms with van der Waals surface area (Å²) >= 11 is 16.7. The highest BCUT2D eigenvalue weighted by Crippen LogP contribution is 2.35. The van der Waals surface area contributed by atoms with E-state index in [1.807, 2.05) is 28.5 Å². The van der Waals surface area contributed by atoms with Crippen LogP contribution in [0.1, 0.15) is 40.0 Å². The van der Waals surface area contributed by atoms with E-state index < -0.39 is 5.91 Å². The molecule has 2 aromatic carbocycles. The topological polar surface area (TPSA) is 96.2 Å². The molecule has 1 fully saturated rings. The van der Waals surface area contributed by atoms with Crippen LogP contribution in [0.15, 0.2) is 65.4 Å². The molecule has 3 amide bonds. The minimum absolute atomic E-state index is 0. The van der Waals surface area contributed by atoms with E-state index in [0.29, 0.717) is 33.2 Å². The first-order valence-electron chi connectivity index (χ1n) is 14.0. The molecule has 0 aliphatic carbocycles. The molecule has 0 spiro atoms. The molecule has 5 rings (SSSR count). The van der Waals surface area contributed by atoms with E-state index in [1.54, 1.807) is 55.6 Å². The summed E-state index contributed by atoms with van der Waals surface area (Å²) in [5, 5.41) is 3.25. The third-order valence-corrected chi connectivity index (χ3v) is 9.11. The Morgan fingerprint density at radius 2 is 1.80 bits per heavy atom. The normalized spacial score (nSPS) is 12.8. The number of likely N-dealkylation sites (N-methyl/N-ethyl adjacent to an activating group) is 1. The number of aryl methyl sites for hydroxylation is 1. The standard InChI is InChI=1S/C32H30BrCl2N5O4.ClH/c1-20-30(33)40-17-5-6-26(31(40)37-20)44-19-23-24(34)12-13-25(29(23)35)38(2)28(42)18-36-27(41)14-9-21-7-10-22(11-8-21)32(43)39-15-3-4-16-39;/h5-14,17H,3-4,15-16,18-19H2,1-2H3,(H,36,41);1H. The molecule has 1 aliphatic rings. The lowest BCUT2D eigenvalue weighted by atomic mass is 10.1. The smallest absolute Gasteiger partial charge is 0.253 e. The molecule has 13 heteroatoms. The first-order chi connectivity index (χ1) is 21.1. The van der Waals surface area contributed by atoms with Crippen molar-refractivity contribution in [3.8, 4) is 5.75 Å². The van der Waals surface area contributed by atoms with Crippen LogP contribution >= 0.6 is 51.5 Å². The van der Waals surface area contributed by atoms with Gasteiger partial charge in [-0.15, -0.1) is 12.4 Å². The second-order valence-corrected chi connectivity index (χ2v) is 11.9. The summed E-state index contributed by atoms with van der Waals surface area (Å²) in [5.41, 5.74) is 3.77. The minimum Gasteiger partial charge on any atom is -0.485 e. The molecule has 0 unspecified atom stereocenters. The van der Waals surface area contributed by atoms with Crippen LogP contribution < -0.4 is 15.0 Å². The predicted molar refractivity (Wildman–Crippen MR) is 183 cm³/mol. The van der Waals surface area contributed by atoms with Gasteiger partial charge in [0, 0.05) is 48.6 Å². The number of rotatable bonds is 9. The number of nitrogens with zero attached hydrogens (tertiary/aromatic N) is 4. The first kappa shape index (κ1) is 34.3. The minimum atomic E-state index is -0.435. The Morgan fingerprint density at radius 1 is 1.09 bits per heavy atom. The van der Waals surface area contributed by atoms with Crippen LogP contribution in [0.25, 0.3) is 11.7 Å². The Bertz CT molecular complexity index is 1750. The fourth-order valence-corrected chi connectivity index (χ4v) is 5.83. The number of anilines is 1. The van der Waals surface area contributed by atoms with Crippen molar-refractivity contribution >= 4 is 86.7 Å². The average molecular weight is 736 g/mol. The third-order valence-electron chi connectivity index (χ3n) is 7.38. The quantitative estimate of drug-likeness (QED) is 0.192. The largest absolute Gasteiger partial charge is 0.485 e. The highest BCUT2D eigenvalue weighted by atomic mass is 79.9. The van der Waals surface area contributed by atoms with Crippen LogP contribution in [0.2, 0.25) is 10.0 Å². The molecule has 3 heterocycles. The number of amides is 3. The number of carbonyl (C=O) groups is 3. The highest BCUT2D eigenvalue weighted by molar-refractivity contribution is 9.10. The monoisotopic (exact) mass is 733 g/mol. The fraction of sp³-hybridized carbons (Fsp3) is 0.250. The number of halogens is 4. The molecule has 0 radical (unpaired) electrons. The summed E-state index contributed by atoms with van der Waals surface area (Å²) in [6.45, 7) is 3.27. The van der Waals surface area contributed by atoms with Crippen LogP contribution in [0, 0.1) is 6.92 Å². The lowest BCUT2D eigenvalue weighted by Gasteiger charge is -2.21. The van der Waals surface area contributed by atoms with Gasteiger partial charge < -0.3 is 19.9 Å². The van der Waals surface area contributed by atoms with E-state index in [0.717, 1.165) is 41.8 Å². The Labute approximate surface area is 285 Å². The fourth-order valence-electron chi connectivity index (χ4n) is 4.85. The lowest BCUT2D eigenvalue weighted by Crippen LogP contribution is -2.37. The molecule has 236 valence electrons. The zero-order valence-electron chi connectivity index (χ0n) is 24.6. The molecule has 4 aromatic rings. The van der Waals surface area contributed by atoms with E-state index in [9.17, 15) is 14.4 Å². The molecule has 1 N–H and O–H groups in total. The zero-order chi connectivity index (χ0) is 31.4. The number of ether oxygens (including phenoxy) is 1. The van der Waals surface area contributed by atoms with Gasteiger partial charge in [0.2, 0.25) is 11.8 Å². The Morgan fingerprint density at radius 3 is 2.51 bits per heavy atom. The van der Waals surface area contributed by atoms with E-state index in [-0.39, 0.29) is 42.4 Å². The summed E-state index contributed by atoms with van der Waals surface area (Å²) < 4.78 is 8.76. The number of imidazole rings is 1. The van der Waals surface area contributed by atoms with Crippen molar-refractivity contribution in [3.05, 3.63) is 97.8 Å². The van der Waals surface area contributed by atoms with Crippen LogP contribution in [-0.2, 0) is 16.2 Å². The van der Waals surface area contributed by atoms with Crippen molar-refractivity contribution in [1.82, 2.24) is 19.6 Å². The van der Waals surface area contributed by atoms with Crippen LogP contribution in [-0.4, -0.2) is 58.7 Å². The summed E-state index contributed by atoms with van der Waals surface area (Å²) in [7, 11) is 1.57. The number of hydrogen-bond acceptors (Lipinski definition) is 5. The van der Waals surface area contributed by atoms with Gasteiger partial charge in [-0.25, -0.2) is 4.98 Å². The van der Waals surface area contributed by atoms with E-state index in [1.165, 1.54) is 11.0 Å². The second kappa shape index (κ2) is 15.1. The van der Waals surface area contributed by atoms with Gasteiger partial charge >= 0.3 is 0 Å².